The second kappa shape index (κ2) is 6.78. The zero-order valence-corrected chi connectivity index (χ0v) is 14.6. The van der Waals surface area contributed by atoms with Gasteiger partial charge in [0, 0.05) is 17.5 Å². The Morgan fingerprint density at radius 2 is 2.00 bits per heavy atom. The summed E-state index contributed by atoms with van der Waals surface area (Å²) < 4.78 is 13.6. The summed E-state index contributed by atoms with van der Waals surface area (Å²) in [4.78, 5) is 15.7. The van der Waals surface area contributed by atoms with E-state index < -0.39 is 0 Å². The van der Waals surface area contributed by atoms with Gasteiger partial charge in [0.15, 0.2) is 4.34 Å². The smallest absolute Gasteiger partial charge is 0.282 e. The number of nitrogens with zero attached hydrogens (tertiary/aromatic N) is 3. The molecule has 2 bridgehead atoms. The lowest BCUT2D eigenvalue weighted by Gasteiger charge is -2.44. The van der Waals surface area contributed by atoms with Crippen LogP contribution < -0.4 is 5.32 Å². The van der Waals surface area contributed by atoms with Gasteiger partial charge in [-0.15, -0.1) is 10.2 Å². The van der Waals surface area contributed by atoms with Crippen molar-refractivity contribution in [2.75, 3.05) is 19.6 Å². The first-order valence-corrected chi connectivity index (χ1v) is 9.61. The van der Waals surface area contributed by atoms with Crippen LogP contribution >= 0.6 is 23.1 Å². The number of hydrogen-bond acceptors (Lipinski definition) is 6. The molecule has 3 fully saturated rings. The topological polar surface area (TPSA) is 58.1 Å². The highest BCUT2D eigenvalue weighted by Crippen LogP contribution is 2.31. The SMILES string of the molecule is O=C(N[C@H]1CN2CCC1CC2)c1nnc(Sc2ccc(F)cc2)s1. The van der Waals surface area contributed by atoms with Gasteiger partial charge in [0.1, 0.15) is 5.82 Å². The molecule has 0 radical (unpaired) electrons. The summed E-state index contributed by atoms with van der Waals surface area (Å²) in [6.45, 7) is 3.23. The lowest BCUT2D eigenvalue weighted by molar-refractivity contribution is 0.0620. The number of halogens is 1. The zero-order chi connectivity index (χ0) is 16.5. The normalized spacial score (nSPS) is 25.6. The first kappa shape index (κ1) is 16.0. The van der Waals surface area contributed by atoms with Gasteiger partial charge in [0.05, 0.1) is 0 Å². The molecule has 1 N–H and O–H groups in total. The van der Waals surface area contributed by atoms with E-state index in [0.29, 0.717) is 15.3 Å². The number of hydrogen-bond donors (Lipinski definition) is 1. The molecular weight excluding hydrogens is 347 g/mol. The Balaban J connectivity index is 1.39. The van der Waals surface area contributed by atoms with E-state index >= 15 is 0 Å². The standard InChI is InChI=1S/C16H17FN4OS2/c17-11-1-3-12(4-2-11)23-16-20-19-15(24-16)14(22)18-13-9-21-7-5-10(13)6-8-21/h1-4,10,13H,5-9H2,(H,18,22)/t13-/m0/s1. The van der Waals surface area contributed by atoms with Crippen molar-refractivity contribution in [2.45, 2.75) is 28.1 Å². The molecule has 2 aromatic rings. The van der Waals surface area contributed by atoms with E-state index in [1.54, 1.807) is 12.1 Å². The molecular formula is C16H17FN4OS2. The minimum Gasteiger partial charge on any atom is -0.346 e. The van der Waals surface area contributed by atoms with Crippen molar-refractivity contribution in [3.05, 3.63) is 35.1 Å². The summed E-state index contributed by atoms with van der Waals surface area (Å²) in [6, 6.07) is 6.41. The van der Waals surface area contributed by atoms with Crippen molar-refractivity contribution in [1.29, 1.82) is 0 Å². The highest BCUT2D eigenvalue weighted by Gasteiger charge is 2.35. The third-order valence-electron chi connectivity index (χ3n) is 4.59. The summed E-state index contributed by atoms with van der Waals surface area (Å²) in [5.74, 6) is 0.173. The maximum absolute atomic E-state index is 12.9. The number of aromatic nitrogens is 2. The quantitative estimate of drug-likeness (QED) is 0.904. The number of piperidine rings is 3. The summed E-state index contributed by atoms with van der Waals surface area (Å²) in [6.07, 6.45) is 2.32. The molecule has 1 amide bonds. The number of fused-ring (bicyclic) bond motifs is 3. The van der Waals surface area contributed by atoms with Crippen molar-refractivity contribution in [3.8, 4) is 0 Å². The number of carbonyl (C=O) groups excluding carboxylic acids is 1. The Labute approximate surface area is 147 Å². The Kier molecular flexibility index (Phi) is 4.51. The summed E-state index contributed by atoms with van der Waals surface area (Å²) in [5.41, 5.74) is 0. The van der Waals surface area contributed by atoms with Gasteiger partial charge >= 0.3 is 0 Å². The minimum absolute atomic E-state index is 0.141. The van der Waals surface area contributed by atoms with E-state index in [2.05, 4.69) is 20.4 Å². The van der Waals surface area contributed by atoms with Crippen LogP contribution in [0.2, 0.25) is 0 Å². The van der Waals surface area contributed by atoms with Crippen LogP contribution in [-0.2, 0) is 0 Å². The largest absolute Gasteiger partial charge is 0.346 e. The van der Waals surface area contributed by atoms with Crippen molar-refractivity contribution >= 4 is 29.0 Å². The fraction of sp³-hybridized carbons (Fsp3) is 0.438. The van der Waals surface area contributed by atoms with Gasteiger partial charge in [-0.05, 0) is 56.1 Å². The Hall–Kier alpha value is -1.51. The molecule has 4 heterocycles. The van der Waals surface area contributed by atoms with Crippen LogP contribution in [-0.4, -0.2) is 46.7 Å². The van der Waals surface area contributed by atoms with Crippen LogP contribution in [0.4, 0.5) is 4.39 Å². The lowest BCUT2D eigenvalue weighted by Crippen LogP contribution is -2.57. The predicted molar refractivity (Wildman–Crippen MR) is 90.9 cm³/mol. The van der Waals surface area contributed by atoms with E-state index in [0.717, 1.165) is 37.4 Å². The molecule has 0 spiro atoms. The molecule has 8 heteroatoms. The monoisotopic (exact) mass is 364 g/mol. The molecule has 1 atom stereocenters. The fourth-order valence-corrected chi connectivity index (χ4v) is 5.03. The average molecular weight is 364 g/mol. The van der Waals surface area contributed by atoms with Gasteiger partial charge in [0.2, 0.25) is 5.01 Å². The van der Waals surface area contributed by atoms with Crippen molar-refractivity contribution in [3.63, 3.8) is 0 Å². The molecule has 5 nitrogen and oxygen atoms in total. The second-order valence-electron chi connectivity index (χ2n) is 6.15. The Morgan fingerprint density at radius 3 is 2.67 bits per heavy atom. The maximum Gasteiger partial charge on any atom is 0.282 e. The van der Waals surface area contributed by atoms with Gasteiger partial charge in [0.25, 0.3) is 5.91 Å². The van der Waals surface area contributed by atoms with Crippen LogP contribution in [0, 0.1) is 11.7 Å². The molecule has 0 saturated carbocycles. The molecule has 126 valence electrons. The molecule has 5 rings (SSSR count). The Bertz CT molecular complexity index is 728. The van der Waals surface area contributed by atoms with E-state index in [4.69, 9.17) is 0 Å². The van der Waals surface area contributed by atoms with Gasteiger partial charge in [-0.3, -0.25) is 4.79 Å². The van der Waals surface area contributed by atoms with Gasteiger partial charge < -0.3 is 10.2 Å². The number of carbonyl (C=O) groups is 1. The van der Waals surface area contributed by atoms with E-state index in [9.17, 15) is 9.18 Å². The van der Waals surface area contributed by atoms with Crippen LogP contribution in [0.25, 0.3) is 0 Å². The molecule has 0 aliphatic carbocycles. The fourth-order valence-electron chi connectivity index (χ4n) is 3.30. The molecule has 24 heavy (non-hydrogen) atoms. The van der Waals surface area contributed by atoms with Crippen molar-refractivity contribution in [1.82, 2.24) is 20.4 Å². The van der Waals surface area contributed by atoms with E-state index in [1.807, 2.05) is 0 Å². The summed E-state index contributed by atoms with van der Waals surface area (Å²) in [7, 11) is 0. The first-order valence-electron chi connectivity index (χ1n) is 7.97. The van der Waals surface area contributed by atoms with Gasteiger partial charge in [-0.25, -0.2) is 4.39 Å². The number of amides is 1. The maximum atomic E-state index is 12.9. The van der Waals surface area contributed by atoms with Crippen LogP contribution in [0.15, 0.2) is 33.5 Å². The van der Waals surface area contributed by atoms with Crippen LogP contribution in [0.5, 0.6) is 0 Å². The van der Waals surface area contributed by atoms with E-state index in [-0.39, 0.29) is 17.8 Å². The first-order chi connectivity index (χ1) is 11.7. The van der Waals surface area contributed by atoms with E-state index in [1.165, 1.54) is 35.2 Å². The Morgan fingerprint density at radius 1 is 1.25 bits per heavy atom. The molecule has 1 aromatic carbocycles. The minimum atomic E-state index is -0.269. The highest BCUT2D eigenvalue weighted by atomic mass is 32.2. The third kappa shape index (κ3) is 3.45. The van der Waals surface area contributed by atoms with Gasteiger partial charge in [-0.2, -0.15) is 0 Å². The molecule has 1 aromatic heterocycles. The highest BCUT2D eigenvalue weighted by molar-refractivity contribution is 8.01. The van der Waals surface area contributed by atoms with Crippen LogP contribution in [0.3, 0.4) is 0 Å². The van der Waals surface area contributed by atoms with Crippen molar-refractivity contribution in [2.24, 2.45) is 5.92 Å². The summed E-state index contributed by atoms with van der Waals surface area (Å²) in [5, 5.41) is 11.6. The van der Waals surface area contributed by atoms with Crippen molar-refractivity contribution < 1.29 is 9.18 Å². The molecule has 3 saturated heterocycles. The summed E-state index contributed by atoms with van der Waals surface area (Å²) >= 11 is 2.65. The third-order valence-corrected chi connectivity index (χ3v) is 6.57. The lowest BCUT2D eigenvalue weighted by atomic mass is 9.84. The van der Waals surface area contributed by atoms with Crippen LogP contribution in [0.1, 0.15) is 22.6 Å². The number of benzene rings is 1. The molecule has 3 aliphatic rings. The van der Waals surface area contributed by atoms with Gasteiger partial charge in [-0.1, -0.05) is 23.1 Å². The average Bonchev–Trinajstić information content (AvgIpc) is 3.07. The zero-order valence-electron chi connectivity index (χ0n) is 12.9. The predicted octanol–water partition coefficient (Wildman–Crippen LogP) is 2.65. The molecule has 0 unspecified atom stereocenters. The second-order valence-corrected chi connectivity index (χ2v) is 8.45. The molecule has 3 aliphatic heterocycles. The number of nitrogens with one attached hydrogen (secondary N) is 1. The number of rotatable bonds is 4.